The Morgan fingerprint density at radius 3 is 1.72 bits per heavy atom. The molecule has 0 bridgehead atoms. The number of hydrogen-bond donors (Lipinski definition) is 2. The van der Waals surface area contributed by atoms with Gasteiger partial charge in [0, 0.05) is 17.9 Å². The zero-order valence-corrected chi connectivity index (χ0v) is 18.0. The zero-order valence-electron chi connectivity index (χ0n) is 17.1. The van der Waals surface area contributed by atoms with Gasteiger partial charge in [0.1, 0.15) is 0 Å². The highest BCUT2D eigenvalue weighted by atomic mass is 32.2. The average Bonchev–Trinajstić information content (AvgIpc) is 2.74. The highest BCUT2D eigenvalue weighted by Gasteiger charge is 2.11. The Morgan fingerprint density at radius 2 is 1.24 bits per heavy atom. The fourth-order valence-electron chi connectivity index (χ4n) is 2.59. The van der Waals surface area contributed by atoms with Gasteiger partial charge >= 0.3 is 0 Å². The second-order valence-corrected chi connectivity index (χ2v) is 8.54. The molecule has 5 heteroatoms. The lowest BCUT2D eigenvalue weighted by molar-refractivity contribution is 0.576. The van der Waals surface area contributed by atoms with E-state index in [0.717, 1.165) is 36.2 Å². The lowest BCUT2D eigenvalue weighted by atomic mass is 10.2. The van der Waals surface area contributed by atoms with Crippen LogP contribution in [0.4, 0.5) is 11.4 Å². The minimum Gasteiger partial charge on any atom is -0.356 e. The monoisotopic (exact) mass is 410 g/mol. The molecule has 0 saturated heterocycles. The van der Waals surface area contributed by atoms with Crippen molar-refractivity contribution in [1.82, 2.24) is 4.72 Å². The van der Waals surface area contributed by atoms with Crippen molar-refractivity contribution in [3.8, 4) is 0 Å². The molecular formula is C24H30N2O2S. The standard InChI is InChI=1S/C12H19NO2S.C12H11N/c1-3-4-5-10-13-16(14,15)12-8-6-11(2)7-9-12;1-3-7-11(8-4-1)13-12-9-5-2-6-10-12/h6-9,13H,3-5,10H2,1-2H3;1-10,13H. The molecule has 0 amide bonds. The first-order chi connectivity index (χ1) is 14.0. The van der Waals surface area contributed by atoms with Crippen molar-refractivity contribution in [2.75, 3.05) is 11.9 Å². The van der Waals surface area contributed by atoms with Crippen LogP contribution in [0.3, 0.4) is 0 Å². The van der Waals surface area contributed by atoms with Crippen molar-refractivity contribution in [3.63, 3.8) is 0 Å². The van der Waals surface area contributed by atoms with Crippen LogP contribution in [-0.2, 0) is 10.0 Å². The van der Waals surface area contributed by atoms with Crippen molar-refractivity contribution in [2.45, 2.75) is 38.0 Å². The molecule has 0 spiro atoms. The Hall–Kier alpha value is -2.63. The summed E-state index contributed by atoms with van der Waals surface area (Å²) in [6.07, 6.45) is 3.03. The number of nitrogens with one attached hydrogen (secondary N) is 2. The Bertz CT molecular complexity index is 888. The van der Waals surface area contributed by atoms with E-state index in [1.807, 2.05) is 67.6 Å². The van der Waals surface area contributed by atoms with Crippen LogP contribution in [-0.4, -0.2) is 15.0 Å². The summed E-state index contributed by atoms with van der Waals surface area (Å²) in [5, 5.41) is 3.30. The Labute approximate surface area is 175 Å². The third-order valence-corrected chi connectivity index (χ3v) is 5.72. The molecule has 0 unspecified atom stereocenters. The van der Waals surface area contributed by atoms with Gasteiger partial charge in [-0.1, -0.05) is 73.9 Å². The minimum absolute atomic E-state index is 0.342. The van der Waals surface area contributed by atoms with Crippen LogP contribution in [0.25, 0.3) is 0 Å². The topological polar surface area (TPSA) is 58.2 Å². The van der Waals surface area contributed by atoms with Crippen LogP contribution >= 0.6 is 0 Å². The van der Waals surface area contributed by atoms with E-state index < -0.39 is 10.0 Å². The number of para-hydroxylation sites is 2. The molecule has 3 rings (SSSR count). The lowest BCUT2D eigenvalue weighted by Gasteiger charge is -2.06. The van der Waals surface area contributed by atoms with Gasteiger partial charge in [-0.25, -0.2) is 13.1 Å². The largest absolute Gasteiger partial charge is 0.356 e. The summed E-state index contributed by atoms with van der Waals surface area (Å²) >= 11 is 0. The molecule has 0 saturated carbocycles. The van der Waals surface area contributed by atoms with Gasteiger partial charge in [-0.15, -0.1) is 0 Å². The van der Waals surface area contributed by atoms with E-state index in [1.165, 1.54) is 0 Å². The second kappa shape index (κ2) is 12.0. The molecule has 0 aliphatic rings. The number of aryl methyl sites for hydroxylation is 1. The summed E-state index contributed by atoms with van der Waals surface area (Å²) in [4.78, 5) is 0.342. The van der Waals surface area contributed by atoms with Crippen molar-refractivity contribution in [3.05, 3.63) is 90.5 Å². The molecule has 0 aliphatic carbocycles. The van der Waals surface area contributed by atoms with Gasteiger partial charge in [0.2, 0.25) is 10.0 Å². The highest BCUT2D eigenvalue weighted by Crippen LogP contribution is 2.14. The molecule has 3 aromatic carbocycles. The van der Waals surface area contributed by atoms with E-state index in [2.05, 4.69) is 17.0 Å². The summed E-state index contributed by atoms with van der Waals surface area (Å²) in [5.74, 6) is 0. The first-order valence-electron chi connectivity index (χ1n) is 9.94. The Morgan fingerprint density at radius 1 is 0.724 bits per heavy atom. The highest BCUT2D eigenvalue weighted by molar-refractivity contribution is 7.89. The summed E-state index contributed by atoms with van der Waals surface area (Å²) < 4.78 is 26.2. The fourth-order valence-corrected chi connectivity index (χ4v) is 3.67. The maximum atomic E-state index is 11.8. The van der Waals surface area contributed by atoms with Crippen molar-refractivity contribution < 1.29 is 8.42 Å². The van der Waals surface area contributed by atoms with Gasteiger partial charge in [-0.2, -0.15) is 0 Å². The maximum Gasteiger partial charge on any atom is 0.240 e. The second-order valence-electron chi connectivity index (χ2n) is 6.77. The molecule has 0 aromatic heterocycles. The molecular weight excluding hydrogens is 380 g/mol. The van der Waals surface area contributed by atoms with Crippen LogP contribution in [0.15, 0.2) is 89.8 Å². The Kier molecular flexibility index (Phi) is 9.41. The average molecular weight is 411 g/mol. The van der Waals surface area contributed by atoms with Crippen LogP contribution in [0.2, 0.25) is 0 Å². The predicted octanol–water partition coefficient (Wildman–Crippen LogP) is 5.89. The first-order valence-corrected chi connectivity index (χ1v) is 11.4. The van der Waals surface area contributed by atoms with Crippen LogP contribution < -0.4 is 10.0 Å². The minimum atomic E-state index is -3.31. The lowest BCUT2D eigenvalue weighted by Crippen LogP contribution is -2.24. The smallest absolute Gasteiger partial charge is 0.240 e. The number of anilines is 2. The third-order valence-electron chi connectivity index (χ3n) is 4.24. The molecule has 3 aromatic rings. The van der Waals surface area contributed by atoms with Gasteiger partial charge in [-0.05, 0) is 49.7 Å². The molecule has 154 valence electrons. The summed E-state index contributed by atoms with van der Waals surface area (Å²) in [6.45, 7) is 4.55. The molecule has 0 heterocycles. The molecule has 0 atom stereocenters. The third kappa shape index (κ3) is 8.50. The summed E-state index contributed by atoms with van der Waals surface area (Å²) in [5.41, 5.74) is 3.30. The Balaban J connectivity index is 0.000000211. The predicted molar refractivity (Wildman–Crippen MR) is 122 cm³/mol. The van der Waals surface area contributed by atoms with Crippen molar-refractivity contribution in [1.29, 1.82) is 0 Å². The summed E-state index contributed by atoms with van der Waals surface area (Å²) in [7, 11) is -3.31. The van der Waals surface area contributed by atoms with E-state index in [0.29, 0.717) is 11.4 Å². The van der Waals surface area contributed by atoms with E-state index in [9.17, 15) is 8.42 Å². The van der Waals surface area contributed by atoms with Gasteiger partial charge in [0.15, 0.2) is 0 Å². The van der Waals surface area contributed by atoms with Gasteiger partial charge in [0.05, 0.1) is 4.90 Å². The van der Waals surface area contributed by atoms with E-state index >= 15 is 0 Å². The molecule has 29 heavy (non-hydrogen) atoms. The van der Waals surface area contributed by atoms with Gasteiger partial charge in [0.25, 0.3) is 0 Å². The van der Waals surface area contributed by atoms with E-state index in [4.69, 9.17) is 0 Å². The first kappa shape index (κ1) is 22.7. The van der Waals surface area contributed by atoms with Gasteiger partial charge in [-0.3, -0.25) is 0 Å². The number of hydrogen-bond acceptors (Lipinski definition) is 3. The number of sulfonamides is 1. The van der Waals surface area contributed by atoms with E-state index in [-0.39, 0.29) is 0 Å². The molecule has 0 fully saturated rings. The maximum absolute atomic E-state index is 11.8. The number of rotatable bonds is 8. The molecule has 0 radical (unpaired) electrons. The normalized spacial score (nSPS) is 10.7. The fraction of sp³-hybridized carbons (Fsp3) is 0.250. The molecule has 4 nitrogen and oxygen atoms in total. The van der Waals surface area contributed by atoms with Crippen molar-refractivity contribution >= 4 is 21.4 Å². The van der Waals surface area contributed by atoms with Crippen LogP contribution in [0.1, 0.15) is 31.7 Å². The van der Waals surface area contributed by atoms with E-state index in [1.54, 1.807) is 24.3 Å². The quantitative estimate of drug-likeness (QED) is 0.455. The molecule has 2 N–H and O–H groups in total. The van der Waals surface area contributed by atoms with Gasteiger partial charge < -0.3 is 5.32 Å². The van der Waals surface area contributed by atoms with Crippen molar-refractivity contribution in [2.24, 2.45) is 0 Å². The molecule has 0 aliphatic heterocycles. The SMILES string of the molecule is CCCCCNS(=O)(=O)c1ccc(C)cc1.c1ccc(Nc2ccccc2)cc1. The zero-order chi connectivity index (χ0) is 21.0. The number of benzene rings is 3. The number of unbranched alkanes of at least 4 members (excludes halogenated alkanes) is 2. The van der Waals surface area contributed by atoms with Crippen LogP contribution in [0, 0.1) is 6.92 Å². The van der Waals surface area contributed by atoms with Crippen LogP contribution in [0.5, 0.6) is 0 Å². The summed E-state index contributed by atoms with van der Waals surface area (Å²) in [6, 6.07) is 27.2.